The predicted molar refractivity (Wildman–Crippen MR) is 66.6 cm³/mol. The van der Waals surface area contributed by atoms with Crippen LogP contribution in [0.2, 0.25) is 0 Å². The molecule has 0 aromatic rings. The third-order valence-corrected chi connectivity index (χ3v) is 1.93. The Morgan fingerprint density at radius 1 is 1.40 bits per heavy atom. The maximum Gasteiger partial charge on any atom is 0.0585 e. The lowest BCUT2D eigenvalue weighted by Crippen LogP contribution is -2.24. The number of rotatable bonds is 6. The van der Waals surface area contributed by atoms with Crippen LogP contribution in [-0.4, -0.2) is 17.8 Å². The Labute approximate surface area is 93.2 Å². The van der Waals surface area contributed by atoms with Crippen molar-refractivity contribution in [1.82, 2.24) is 0 Å². The summed E-state index contributed by atoms with van der Waals surface area (Å²) in [6, 6.07) is -0.168. The zero-order chi connectivity index (χ0) is 11.7. The van der Waals surface area contributed by atoms with Crippen molar-refractivity contribution in [2.45, 2.75) is 33.2 Å². The molecule has 86 valence electrons. The van der Waals surface area contributed by atoms with E-state index in [0.717, 1.165) is 5.57 Å². The summed E-state index contributed by atoms with van der Waals surface area (Å²) in [6.07, 6.45) is 10.9. The molecule has 1 atom stereocenters. The zero-order valence-electron chi connectivity index (χ0n) is 9.98. The van der Waals surface area contributed by atoms with Gasteiger partial charge in [0.2, 0.25) is 0 Å². The van der Waals surface area contributed by atoms with Gasteiger partial charge in [0.25, 0.3) is 0 Å². The minimum atomic E-state index is -0.168. The standard InChI is InChI=1S/C13H23NO/c1-4-5-6-12(8-7-11(2)3)9-13(14)10-15/h4-8,11,13,15H,9-10,14H2,1-3H3/b5-4-,8-7-,12-6+/t13-/m1/s1. The Hall–Kier alpha value is -0.860. The molecule has 2 heteroatoms. The van der Waals surface area contributed by atoms with Crippen molar-refractivity contribution in [3.05, 3.63) is 36.0 Å². The molecule has 0 aliphatic rings. The lowest BCUT2D eigenvalue weighted by atomic mass is 10.0. The highest BCUT2D eigenvalue weighted by atomic mass is 16.3. The molecule has 0 spiro atoms. The maximum absolute atomic E-state index is 8.89. The van der Waals surface area contributed by atoms with Crippen molar-refractivity contribution in [1.29, 1.82) is 0 Å². The van der Waals surface area contributed by atoms with E-state index in [1.54, 1.807) is 0 Å². The number of hydrogen-bond donors (Lipinski definition) is 2. The number of hydrogen-bond acceptors (Lipinski definition) is 2. The van der Waals surface area contributed by atoms with Crippen LogP contribution in [0.15, 0.2) is 36.0 Å². The van der Waals surface area contributed by atoms with Gasteiger partial charge in [-0.15, -0.1) is 0 Å². The van der Waals surface area contributed by atoms with E-state index < -0.39 is 0 Å². The average molecular weight is 209 g/mol. The monoisotopic (exact) mass is 209 g/mol. The van der Waals surface area contributed by atoms with Gasteiger partial charge in [0.15, 0.2) is 0 Å². The van der Waals surface area contributed by atoms with E-state index in [9.17, 15) is 0 Å². The fourth-order valence-corrected chi connectivity index (χ4v) is 1.09. The molecule has 0 aliphatic heterocycles. The first-order valence-corrected chi connectivity index (χ1v) is 5.46. The molecule has 0 unspecified atom stereocenters. The van der Waals surface area contributed by atoms with E-state index in [2.05, 4.69) is 26.0 Å². The Morgan fingerprint density at radius 3 is 2.53 bits per heavy atom. The Morgan fingerprint density at radius 2 is 2.07 bits per heavy atom. The Balaban J connectivity index is 4.45. The van der Waals surface area contributed by atoms with E-state index >= 15 is 0 Å². The summed E-state index contributed by atoms with van der Waals surface area (Å²) in [5.41, 5.74) is 6.86. The van der Waals surface area contributed by atoms with Gasteiger partial charge in [-0.3, -0.25) is 0 Å². The van der Waals surface area contributed by atoms with Crippen LogP contribution >= 0.6 is 0 Å². The minimum absolute atomic E-state index is 0.0305. The number of allylic oxidation sites excluding steroid dienone is 5. The first-order valence-electron chi connectivity index (χ1n) is 5.46. The summed E-state index contributed by atoms with van der Waals surface area (Å²) < 4.78 is 0. The molecular formula is C13H23NO. The summed E-state index contributed by atoms with van der Waals surface area (Å²) >= 11 is 0. The van der Waals surface area contributed by atoms with E-state index in [0.29, 0.717) is 12.3 Å². The fraction of sp³-hybridized carbons (Fsp3) is 0.538. The number of aliphatic hydroxyl groups excluding tert-OH is 1. The molecule has 15 heavy (non-hydrogen) atoms. The summed E-state index contributed by atoms with van der Waals surface area (Å²) in [7, 11) is 0. The molecule has 0 aliphatic carbocycles. The Bertz CT molecular complexity index is 239. The van der Waals surface area contributed by atoms with Crippen LogP contribution in [0.25, 0.3) is 0 Å². The van der Waals surface area contributed by atoms with Crippen molar-refractivity contribution < 1.29 is 5.11 Å². The van der Waals surface area contributed by atoms with Crippen LogP contribution < -0.4 is 5.73 Å². The van der Waals surface area contributed by atoms with Crippen LogP contribution in [0.4, 0.5) is 0 Å². The lowest BCUT2D eigenvalue weighted by molar-refractivity contribution is 0.265. The quantitative estimate of drug-likeness (QED) is 0.660. The molecule has 0 aromatic carbocycles. The topological polar surface area (TPSA) is 46.2 Å². The molecule has 0 saturated heterocycles. The highest BCUT2D eigenvalue weighted by Gasteiger charge is 2.01. The summed E-state index contributed by atoms with van der Waals surface area (Å²) in [4.78, 5) is 0. The predicted octanol–water partition coefficient (Wildman–Crippen LogP) is 2.41. The smallest absolute Gasteiger partial charge is 0.0585 e. The van der Waals surface area contributed by atoms with Gasteiger partial charge in [-0.1, -0.05) is 44.2 Å². The van der Waals surface area contributed by atoms with Gasteiger partial charge in [-0.25, -0.2) is 0 Å². The second-order valence-corrected chi connectivity index (χ2v) is 4.02. The van der Waals surface area contributed by atoms with Crippen molar-refractivity contribution in [3.8, 4) is 0 Å². The molecular weight excluding hydrogens is 186 g/mol. The summed E-state index contributed by atoms with van der Waals surface area (Å²) in [5.74, 6) is 0.532. The van der Waals surface area contributed by atoms with Gasteiger partial charge >= 0.3 is 0 Å². The van der Waals surface area contributed by atoms with Crippen molar-refractivity contribution in [2.24, 2.45) is 11.7 Å². The maximum atomic E-state index is 8.89. The highest BCUT2D eigenvalue weighted by Crippen LogP contribution is 2.08. The molecule has 3 N–H and O–H groups in total. The van der Waals surface area contributed by atoms with Gasteiger partial charge in [0, 0.05) is 6.04 Å². The largest absolute Gasteiger partial charge is 0.395 e. The minimum Gasteiger partial charge on any atom is -0.395 e. The zero-order valence-corrected chi connectivity index (χ0v) is 9.98. The van der Waals surface area contributed by atoms with E-state index in [-0.39, 0.29) is 12.6 Å². The first-order chi connectivity index (χ1) is 7.10. The second-order valence-electron chi connectivity index (χ2n) is 4.02. The van der Waals surface area contributed by atoms with Gasteiger partial charge < -0.3 is 10.8 Å². The molecule has 2 nitrogen and oxygen atoms in total. The molecule has 0 saturated carbocycles. The van der Waals surface area contributed by atoms with Crippen molar-refractivity contribution >= 4 is 0 Å². The van der Waals surface area contributed by atoms with E-state index in [1.807, 2.05) is 25.2 Å². The second kappa shape index (κ2) is 8.45. The fourth-order valence-electron chi connectivity index (χ4n) is 1.09. The van der Waals surface area contributed by atoms with Crippen LogP contribution in [0, 0.1) is 5.92 Å². The molecule has 0 rings (SSSR count). The van der Waals surface area contributed by atoms with Crippen LogP contribution in [-0.2, 0) is 0 Å². The van der Waals surface area contributed by atoms with Gasteiger partial charge in [0.1, 0.15) is 0 Å². The Kier molecular flexibility index (Phi) is 7.96. The molecule has 0 radical (unpaired) electrons. The number of aliphatic hydroxyl groups is 1. The molecule has 0 fully saturated rings. The van der Waals surface area contributed by atoms with E-state index in [1.165, 1.54) is 0 Å². The molecule has 0 amide bonds. The van der Waals surface area contributed by atoms with Crippen LogP contribution in [0.1, 0.15) is 27.2 Å². The van der Waals surface area contributed by atoms with Crippen molar-refractivity contribution in [2.75, 3.05) is 6.61 Å². The first kappa shape index (κ1) is 14.1. The van der Waals surface area contributed by atoms with Crippen molar-refractivity contribution in [3.63, 3.8) is 0 Å². The van der Waals surface area contributed by atoms with E-state index in [4.69, 9.17) is 10.8 Å². The molecule has 0 aromatic heterocycles. The summed E-state index contributed by atoms with van der Waals surface area (Å²) in [6.45, 7) is 6.28. The van der Waals surface area contributed by atoms with Gasteiger partial charge in [-0.05, 0) is 24.8 Å². The molecule has 0 heterocycles. The molecule has 0 bridgehead atoms. The van der Waals surface area contributed by atoms with Gasteiger partial charge in [-0.2, -0.15) is 0 Å². The third-order valence-electron chi connectivity index (χ3n) is 1.93. The summed E-state index contributed by atoms with van der Waals surface area (Å²) in [5, 5.41) is 8.89. The normalized spacial score (nSPS) is 15.7. The van der Waals surface area contributed by atoms with Crippen LogP contribution in [0.5, 0.6) is 0 Å². The van der Waals surface area contributed by atoms with Crippen LogP contribution in [0.3, 0.4) is 0 Å². The highest BCUT2D eigenvalue weighted by molar-refractivity contribution is 5.24. The number of nitrogens with two attached hydrogens (primary N) is 1. The SMILES string of the molecule is C\C=C/C=C(\C=C/C(C)C)C[C@@H](N)CO. The lowest BCUT2D eigenvalue weighted by Gasteiger charge is -2.08. The third kappa shape index (κ3) is 8.16. The van der Waals surface area contributed by atoms with Gasteiger partial charge in [0.05, 0.1) is 6.61 Å². The average Bonchev–Trinajstić information content (AvgIpc) is 2.21.